The van der Waals surface area contributed by atoms with Crippen molar-refractivity contribution in [2.45, 2.75) is 19.4 Å². The Labute approximate surface area is 191 Å². The molecule has 1 heterocycles. The lowest BCUT2D eigenvalue weighted by atomic mass is 10.2. The second-order valence-corrected chi connectivity index (χ2v) is 7.59. The molecule has 2 amide bonds. The van der Waals surface area contributed by atoms with Crippen molar-refractivity contribution in [3.05, 3.63) is 90.0 Å². The molecule has 7 heteroatoms. The summed E-state index contributed by atoms with van der Waals surface area (Å²) in [6.45, 7) is 0.542. The molecular formula is C26H24N2O5. The molecule has 3 aromatic carbocycles. The van der Waals surface area contributed by atoms with Gasteiger partial charge in [0, 0.05) is 13.0 Å². The predicted octanol–water partition coefficient (Wildman–Crippen LogP) is 4.19. The Morgan fingerprint density at radius 1 is 0.939 bits per heavy atom. The van der Waals surface area contributed by atoms with Gasteiger partial charge in [0.25, 0.3) is 5.91 Å². The zero-order valence-corrected chi connectivity index (χ0v) is 18.0. The quantitative estimate of drug-likeness (QED) is 0.527. The topological polar surface area (TPSA) is 84.9 Å². The molecule has 1 N–H and O–H groups in total. The normalized spacial score (nSPS) is 13.0. The van der Waals surface area contributed by atoms with Crippen molar-refractivity contribution < 1.29 is 23.9 Å². The van der Waals surface area contributed by atoms with E-state index >= 15 is 0 Å². The van der Waals surface area contributed by atoms with E-state index in [-0.39, 0.29) is 11.5 Å². The van der Waals surface area contributed by atoms with E-state index in [2.05, 4.69) is 5.32 Å². The Morgan fingerprint density at radius 2 is 1.73 bits per heavy atom. The number of rotatable bonds is 8. The first kappa shape index (κ1) is 22.1. The minimum Gasteiger partial charge on any atom is -0.489 e. The average molecular weight is 444 g/mol. The summed E-state index contributed by atoms with van der Waals surface area (Å²) in [4.78, 5) is 38.6. The maximum absolute atomic E-state index is 12.4. The van der Waals surface area contributed by atoms with E-state index in [0.29, 0.717) is 36.7 Å². The Balaban J connectivity index is 1.32. The number of nitrogens with one attached hydrogen (secondary N) is 1. The molecule has 0 radical (unpaired) electrons. The molecule has 0 atom stereocenters. The molecule has 0 aliphatic carbocycles. The summed E-state index contributed by atoms with van der Waals surface area (Å²) in [6.07, 6.45) is 1.28. The number of para-hydroxylation sites is 2. The van der Waals surface area contributed by atoms with Gasteiger partial charge in [-0.15, -0.1) is 0 Å². The first-order valence-electron chi connectivity index (χ1n) is 10.7. The summed E-state index contributed by atoms with van der Waals surface area (Å²) < 4.78 is 10.9. The van der Waals surface area contributed by atoms with Crippen LogP contribution < -0.4 is 15.0 Å². The Kier molecular flexibility index (Phi) is 6.99. The van der Waals surface area contributed by atoms with Crippen LogP contribution >= 0.6 is 0 Å². The monoisotopic (exact) mass is 444 g/mol. The molecule has 0 unspecified atom stereocenters. The first-order valence-corrected chi connectivity index (χ1v) is 10.7. The van der Waals surface area contributed by atoms with Gasteiger partial charge < -0.3 is 19.7 Å². The van der Waals surface area contributed by atoms with Crippen LogP contribution in [0.5, 0.6) is 5.75 Å². The van der Waals surface area contributed by atoms with Gasteiger partial charge in [-0.2, -0.15) is 0 Å². The highest BCUT2D eigenvalue weighted by atomic mass is 16.5. The number of carbonyl (C=O) groups is 3. The third-order valence-corrected chi connectivity index (χ3v) is 5.19. The lowest BCUT2D eigenvalue weighted by molar-refractivity contribution is -0.119. The molecule has 0 spiro atoms. The second-order valence-electron chi connectivity index (χ2n) is 7.59. The van der Waals surface area contributed by atoms with Gasteiger partial charge in [0.05, 0.1) is 16.9 Å². The van der Waals surface area contributed by atoms with Crippen LogP contribution in [0.3, 0.4) is 0 Å². The van der Waals surface area contributed by atoms with E-state index in [1.807, 2.05) is 36.4 Å². The van der Waals surface area contributed by atoms with E-state index < -0.39 is 18.5 Å². The summed E-state index contributed by atoms with van der Waals surface area (Å²) in [5, 5.41) is 2.73. The van der Waals surface area contributed by atoms with E-state index in [1.54, 1.807) is 47.4 Å². The van der Waals surface area contributed by atoms with Gasteiger partial charge in [-0.3, -0.25) is 9.59 Å². The summed E-state index contributed by atoms with van der Waals surface area (Å²) in [5.41, 5.74) is 2.45. The molecule has 33 heavy (non-hydrogen) atoms. The van der Waals surface area contributed by atoms with E-state index in [0.717, 1.165) is 12.0 Å². The van der Waals surface area contributed by atoms with Gasteiger partial charge in [-0.05, 0) is 42.3 Å². The van der Waals surface area contributed by atoms with Gasteiger partial charge in [0.15, 0.2) is 6.61 Å². The number of carbonyl (C=O) groups excluding carboxylic acids is 3. The number of benzene rings is 3. The fourth-order valence-electron chi connectivity index (χ4n) is 3.57. The second kappa shape index (κ2) is 10.5. The number of amides is 2. The Morgan fingerprint density at radius 3 is 2.52 bits per heavy atom. The number of ether oxygens (including phenoxy) is 2. The van der Waals surface area contributed by atoms with Crippen LogP contribution in [-0.4, -0.2) is 30.9 Å². The maximum atomic E-state index is 12.4. The SMILES string of the molecule is O=C(COC(=O)c1cccc(OCc2ccccc2)c1)Nc1ccccc1N1CCCC1=O. The molecule has 7 nitrogen and oxygen atoms in total. The molecule has 1 saturated heterocycles. The standard InChI is InChI=1S/C26H24N2O5/c29-24(27-22-12-4-5-13-23(22)28-15-7-14-25(28)30)18-33-26(31)20-10-6-11-21(16-20)32-17-19-8-2-1-3-9-19/h1-6,8-13,16H,7,14-15,17-18H2,(H,27,29). The van der Waals surface area contributed by atoms with Gasteiger partial charge >= 0.3 is 5.97 Å². The van der Waals surface area contributed by atoms with Gasteiger partial charge in [-0.1, -0.05) is 48.5 Å². The third kappa shape index (κ3) is 5.77. The van der Waals surface area contributed by atoms with E-state index in [1.165, 1.54) is 0 Å². The van der Waals surface area contributed by atoms with Crippen molar-refractivity contribution in [2.75, 3.05) is 23.4 Å². The molecule has 1 fully saturated rings. The number of anilines is 2. The number of hydrogen-bond donors (Lipinski definition) is 1. The fourth-order valence-corrected chi connectivity index (χ4v) is 3.57. The summed E-state index contributed by atoms with van der Waals surface area (Å²) in [6, 6.07) is 23.4. The molecule has 0 saturated carbocycles. The summed E-state index contributed by atoms with van der Waals surface area (Å²) in [7, 11) is 0. The largest absolute Gasteiger partial charge is 0.489 e. The molecule has 168 valence electrons. The van der Waals surface area contributed by atoms with Crippen LogP contribution in [0, 0.1) is 0 Å². The van der Waals surface area contributed by atoms with Crippen LogP contribution in [-0.2, 0) is 20.9 Å². The summed E-state index contributed by atoms with van der Waals surface area (Å²) >= 11 is 0. The van der Waals surface area contributed by atoms with E-state index in [9.17, 15) is 14.4 Å². The van der Waals surface area contributed by atoms with Gasteiger partial charge in [0.1, 0.15) is 12.4 Å². The molecular weight excluding hydrogens is 420 g/mol. The Hall–Kier alpha value is -4.13. The maximum Gasteiger partial charge on any atom is 0.338 e. The smallest absolute Gasteiger partial charge is 0.338 e. The highest BCUT2D eigenvalue weighted by molar-refractivity contribution is 6.02. The van der Waals surface area contributed by atoms with Crippen molar-refractivity contribution in [1.29, 1.82) is 0 Å². The minimum atomic E-state index is -0.627. The molecule has 1 aliphatic rings. The lowest BCUT2D eigenvalue weighted by Gasteiger charge is -2.19. The minimum absolute atomic E-state index is 0.0255. The van der Waals surface area contributed by atoms with Crippen LogP contribution in [0.2, 0.25) is 0 Å². The molecule has 3 aromatic rings. The first-order chi connectivity index (χ1) is 16.1. The third-order valence-electron chi connectivity index (χ3n) is 5.19. The molecule has 0 aromatic heterocycles. The van der Waals surface area contributed by atoms with Gasteiger partial charge in [-0.25, -0.2) is 4.79 Å². The summed E-state index contributed by atoms with van der Waals surface area (Å²) in [5.74, 6) is -0.559. The average Bonchev–Trinajstić information content (AvgIpc) is 3.28. The highest BCUT2D eigenvalue weighted by Crippen LogP contribution is 2.29. The fraction of sp³-hybridized carbons (Fsp3) is 0.192. The van der Waals surface area contributed by atoms with Crippen molar-refractivity contribution in [3.8, 4) is 5.75 Å². The van der Waals surface area contributed by atoms with Crippen LogP contribution in [0.4, 0.5) is 11.4 Å². The van der Waals surface area contributed by atoms with Crippen molar-refractivity contribution in [1.82, 2.24) is 0 Å². The van der Waals surface area contributed by atoms with Crippen molar-refractivity contribution >= 4 is 29.2 Å². The lowest BCUT2D eigenvalue weighted by Crippen LogP contribution is -2.27. The zero-order valence-electron chi connectivity index (χ0n) is 18.0. The Bertz CT molecular complexity index is 1150. The zero-order chi connectivity index (χ0) is 23.0. The highest BCUT2D eigenvalue weighted by Gasteiger charge is 2.24. The van der Waals surface area contributed by atoms with E-state index in [4.69, 9.17) is 9.47 Å². The van der Waals surface area contributed by atoms with Crippen molar-refractivity contribution in [3.63, 3.8) is 0 Å². The van der Waals surface area contributed by atoms with Gasteiger partial charge in [0.2, 0.25) is 5.91 Å². The predicted molar refractivity (Wildman–Crippen MR) is 124 cm³/mol. The number of nitrogens with zero attached hydrogens (tertiary/aromatic N) is 1. The number of esters is 1. The van der Waals surface area contributed by atoms with Crippen LogP contribution in [0.15, 0.2) is 78.9 Å². The molecule has 1 aliphatic heterocycles. The molecule has 4 rings (SSSR count). The van der Waals surface area contributed by atoms with Crippen LogP contribution in [0.25, 0.3) is 0 Å². The van der Waals surface area contributed by atoms with Crippen molar-refractivity contribution in [2.24, 2.45) is 0 Å². The van der Waals surface area contributed by atoms with Crippen LogP contribution in [0.1, 0.15) is 28.8 Å². The molecule has 0 bridgehead atoms. The number of hydrogen-bond acceptors (Lipinski definition) is 5.